The van der Waals surface area contributed by atoms with E-state index in [0.717, 1.165) is 37.9 Å². The van der Waals surface area contributed by atoms with E-state index in [1.54, 1.807) is 0 Å². The molecular weight excluding hydrogens is 1090 g/mol. The molecule has 84 heavy (non-hydrogen) atoms. The van der Waals surface area contributed by atoms with E-state index < -0.39 is 10.8 Å². The molecule has 0 bridgehead atoms. The van der Waals surface area contributed by atoms with Gasteiger partial charge in [0.15, 0.2) is 0 Å². The molecule has 5 heteroatoms. The van der Waals surface area contributed by atoms with E-state index in [9.17, 15) is 0 Å². The zero-order valence-electron chi connectivity index (χ0n) is 51.6. The lowest BCUT2D eigenvalue weighted by Gasteiger charge is -2.33. The summed E-state index contributed by atoms with van der Waals surface area (Å²) in [5.74, 6) is 1.01. The predicted molar refractivity (Wildman–Crippen MR) is 369 cm³/mol. The maximum atomic E-state index is 7.21. The van der Waals surface area contributed by atoms with Gasteiger partial charge < -0.3 is 4.74 Å². The largest absolute Gasteiger partial charge is 0.493 e. The highest BCUT2D eigenvalue weighted by atomic mass is 32.1. The van der Waals surface area contributed by atoms with Crippen molar-refractivity contribution >= 4 is 45.3 Å². The van der Waals surface area contributed by atoms with Crippen LogP contribution in [0.25, 0.3) is 40.4 Å². The average molecular weight is 1190 g/mol. The lowest BCUT2D eigenvalue weighted by Crippen LogP contribution is -2.28. The number of hydrogen-bond acceptors (Lipinski definition) is 5. The average Bonchev–Trinajstić information content (AvgIpc) is 1.98. The van der Waals surface area contributed by atoms with Gasteiger partial charge >= 0.3 is 0 Å². The quantitative estimate of drug-likeness (QED) is 0.0382. The summed E-state index contributed by atoms with van der Waals surface area (Å²) in [5, 5.41) is 4.72. The monoisotopic (exact) mass is 1180 g/mol. The first kappa shape index (κ1) is 60.4. The van der Waals surface area contributed by atoms with Crippen molar-refractivity contribution in [3.63, 3.8) is 0 Å². The minimum Gasteiger partial charge on any atom is -0.493 e. The summed E-state index contributed by atoms with van der Waals surface area (Å²) in [7, 11) is 0. The van der Waals surface area contributed by atoms with Gasteiger partial charge in [0, 0.05) is 25.1 Å². The Kier molecular flexibility index (Phi) is 20.5. The molecule has 0 fully saturated rings. The number of rotatable bonds is 32. The molecule has 0 saturated carbocycles. The van der Waals surface area contributed by atoms with Crippen molar-refractivity contribution in [3.8, 4) is 46.1 Å². The Morgan fingerprint density at radius 3 is 1.10 bits per heavy atom. The Labute approximate surface area is 522 Å². The fourth-order valence-corrected chi connectivity index (χ4v) is 19.0. The molecule has 0 N–H and O–H groups in total. The number of fused-ring (bicyclic) bond motifs is 6. The van der Waals surface area contributed by atoms with Gasteiger partial charge in [0.25, 0.3) is 0 Å². The second kappa shape index (κ2) is 28.5. The molecule has 0 aliphatic heterocycles. The van der Waals surface area contributed by atoms with Crippen molar-refractivity contribution in [2.45, 2.75) is 206 Å². The maximum Gasteiger partial charge on any atom is 0.128 e. The van der Waals surface area contributed by atoms with Gasteiger partial charge in [-0.3, -0.25) is 0 Å². The smallest absolute Gasteiger partial charge is 0.128 e. The lowest BCUT2D eigenvalue weighted by molar-refractivity contribution is 0.306. The van der Waals surface area contributed by atoms with Crippen LogP contribution in [0.4, 0.5) is 0 Å². The Morgan fingerprint density at radius 1 is 0.345 bits per heavy atom. The van der Waals surface area contributed by atoms with Crippen molar-refractivity contribution in [2.24, 2.45) is 0 Å². The molecule has 0 atom stereocenters. The van der Waals surface area contributed by atoms with E-state index in [-0.39, 0.29) is 0 Å². The summed E-state index contributed by atoms with van der Waals surface area (Å²) >= 11 is 7.85. The molecule has 2 aliphatic rings. The van der Waals surface area contributed by atoms with Crippen LogP contribution in [-0.4, -0.2) is 6.61 Å². The molecule has 1 nitrogen and oxygen atoms in total. The Morgan fingerprint density at radius 2 is 0.714 bits per heavy atom. The fraction of sp³-hybridized carbons (Fsp3) is 0.418. The molecule has 438 valence electrons. The molecule has 4 heterocycles. The number of aryl methyl sites for hydroxylation is 5. The van der Waals surface area contributed by atoms with E-state index >= 15 is 0 Å². The molecule has 0 spiro atoms. The number of ether oxygens (including phenoxy) is 1. The third-order valence-corrected chi connectivity index (χ3v) is 23.1. The van der Waals surface area contributed by atoms with E-state index in [1.165, 1.54) is 235 Å². The van der Waals surface area contributed by atoms with E-state index in [4.69, 9.17) is 4.74 Å². The van der Waals surface area contributed by atoms with Crippen molar-refractivity contribution in [3.05, 3.63) is 217 Å². The van der Waals surface area contributed by atoms with Gasteiger partial charge in [-0.25, -0.2) is 0 Å². The molecule has 0 amide bonds. The van der Waals surface area contributed by atoms with Crippen LogP contribution in [0.1, 0.15) is 235 Å². The van der Waals surface area contributed by atoms with Crippen molar-refractivity contribution in [1.29, 1.82) is 0 Å². The van der Waals surface area contributed by atoms with Crippen molar-refractivity contribution < 1.29 is 4.74 Å². The third kappa shape index (κ3) is 12.2. The lowest BCUT2D eigenvalue weighted by atomic mass is 9.67. The van der Waals surface area contributed by atoms with Crippen molar-refractivity contribution in [1.82, 2.24) is 0 Å². The fourth-order valence-electron chi connectivity index (χ4n) is 14.2. The van der Waals surface area contributed by atoms with Crippen LogP contribution >= 0.6 is 45.3 Å². The van der Waals surface area contributed by atoms with Gasteiger partial charge in [0.2, 0.25) is 0 Å². The van der Waals surface area contributed by atoms with E-state index in [0.29, 0.717) is 6.61 Å². The summed E-state index contributed by atoms with van der Waals surface area (Å²) in [6, 6.07) is 54.2. The van der Waals surface area contributed by atoms with E-state index in [2.05, 4.69) is 186 Å². The van der Waals surface area contributed by atoms with Gasteiger partial charge in [0.05, 0.1) is 27.2 Å². The first-order valence-electron chi connectivity index (χ1n) is 33.0. The molecule has 9 aromatic rings. The van der Waals surface area contributed by atoms with Crippen LogP contribution in [0.5, 0.6) is 5.75 Å². The van der Waals surface area contributed by atoms with Gasteiger partial charge in [0.1, 0.15) is 5.75 Å². The summed E-state index contributed by atoms with van der Waals surface area (Å²) in [6.07, 6.45) is 29.4. The highest BCUT2D eigenvalue weighted by Crippen LogP contribution is 2.64. The second-order valence-corrected chi connectivity index (χ2v) is 28.6. The number of benzene rings is 5. The molecule has 0 radical (unpaired) electrons. The Balaban J connectivity index is 1.05. The Hall–Kier alpha value is -5.30. The molecule has 11 rings (SSSR count). The zero-order chi connectivity index (χ0) is 57.9. The van der Waals surface area contributed by atoms with Gasteiger partial charge in [-0.15, -0.1) is 45.3 Å². The van der Waals surface area contributed by atoms with Crippen LogP contribution in [-0.2, 0) is 36.5 Å². The topological polar surface area (TPSA) is 9.23 Å². The zero-order valence-corrected chi connectivity index (χ0v) is 54.8. The van der Waals surface area contributed by atoms with Crippen LogP contribution in [0.3, 0.4) is 0 Å². The summed E-state index contributed by atoms with van der Waals surface area (Å²) < 4.78 is 7.21. The summed E-state index contributed by atoms with van der Waals surface area (Å²) in [5.41, 5.74) is 20.1. The minimum absolute atomic E-state index is 0.418. The number of thiophene rings is 4. The molecule has 4 aromatic heterocycles. The van der Waals surface area contributed by atoms with Gasteiger partial charge in [-0.05, 0) is 190 Å². The summed E-state index contributed by atoms with van der Waals surface area (Å²) in [6.45, 7) is 14.6. The molecular formula is C79H92OS4. The van der Waals surface area contributed by atoms with E-state index in [1.807, 2.05) is 45.3 Å². The number of hydrogen-bond donors (Lipinski definition) is 0. The summed E-state index contributed by atoms with van der Waals surface area (Å²) in [4.78, 5) is 8.32. The minimum atomic E-state index is -0.428. The first-order chi connectivity index (χ1) is 41.4. The Bertz CT molecular complexity index is 3480. The van der Waals surface area contributed by atoms with Crippen LogP contribution in [0, 0.1) is 6.92 Å². The standard InChI is InChI=1S/C79H92OS4/c1-7-12-17-22-31-57-35-27-39-61(49-57)78(62-40-28-36-58(50-62)32-23-18-13-8-2)67-43-46-81-74(67)76-69(78)54-72(83-76)65-53-71(80-45-26-21-16-11-5)66(48-56(65)6)73-55-70-77(84-73)75-68(44-47-82-75)79(70,63-41-29-37-59(51-63)33-24-19-14-9-3)64-42-30-38-60(52-64)34-25-20-15-10-4/h27-30,35-44,46-55H,7-26,31-34,45H2,1-6H3. The highest BCUT2D eigenvalue weighted by Gasteiger charge is 2.50. The predicted octanol–water partition coefficient (Wildman–Crippen LogP) is 24.8. The first-order valence-corrected chi connectivity index (χ1v) is 36.4. The molecule has 2 aliphatic carbocycles. The van der Waals surface area contributed by atoms with Crippen LogP contribution in [0.15, 0.2) is 144 Å². The van der Waals surface area contributed by atoms with Crippen LogP contribution < -0.4 is 4.74 Å². The molecule has 5 aromatic carbocycles. The molecule has 0 saturated heterocycles. The second-order valence-electron chi connectivity index (χ2n) is 24.7. The van der Waals surface area contributed by atoms with Crippen LogP contribution in [0.2, 0.25) is 0 Å². The normalized spacial score (nSPS) is 13.5. The molecule has 0 unspecified atom stereocenters. The number of unbranched alkanes of at least 4 members (excludes halogenated alkanes) is 15. The SMILES string of the molecule is CCCCCCOc1cc(-c2cc3c(s2)-c2sccc2C3(c2cccc(CCCCCC)c2)c2cccc(CCCCCC)c2)c(C)cc1-c1cc2c(s1)-c1sccc1C2(c1cccc(CCCCCC)c1)c1cccc(CCCCCC)c1. The third-order valence-electron chi connectivity index (χ3n) is 18.7. The van der Waals surface area contributed by atoms with Gasteiger partial charge in [-0.2, -0.15) is 0 Å². The van der Waals surface area contributed by atoms with Crippen molar-refractivity contribution in [2.75, 3.05) is 6.61 Å². The van der Waals surface area contributed by atoms with Gasteiger partial charge in [-0.1, -0.05) is 228 Å². The maximum absolute atomic E-state index is 7.21. The highest BCUT2D eigenvalue weighted by molar-refractivity contribution is 7.24.